The Bertz CT molecular complexity index is 1090. The molecular weight excluding hydrogens is 336 g/mol. The third-order valence-electron chi connectivity index (χ3n) is 4.51. The van der Waals surface area contributed by atoms with Gasteiger partial charge in [-0.3, -0.25) is 9.48 Å². The Labute approximate surface area is 157 Å². The van der Waals surface area contributed by atoms with Crippen molar-refractivity contribution in [2.24, 2.45) is 7.05 Å². The summed E-state index contributed by atoms with van der Waals surface area (Å²) in [5.41, 5.74) is 3.30. The smallest absolute Gasteiger partial charge is 0.225 e. The summed E-state index contributed by atoms with van der Waals surface area (Å²) >= 11 is 0. The maximum absolute atomic E-state index is 12.3. The van der Waals surface area contributed by atoms with Gasteiger partial charge in [-0.25, -0.2) is 4.98 Å². The van der Waals surface area contributed by atoms with Gasteiger partial charge in [0.2, 0.25) is 5.91 Å². The zero-order valence-electron chi connectivity index (χ0n) is 15.1. The fraction of sp³-hybridized carbons (Fsp3) is 0.136. The Kier molecular flexibility index (Phi) is 4.66. The number of benzene rings is 2. The predicted molar refractivity (Wildman–Crippen MR) is 107 cm³/mol. The van der Waals surface area contributed by atoms with Gasteiger partial charge < -0.3 is 5.32 Å². The minimum Gasteiger partial charge on any atom is -0.311 e. The Hall–Kier alpha value is -3.47. The van der Waals surface area contributed by atoms with Gasteiger partial charge in [-0.05, 0) is 35.1 Å². The van der Waals surface area contributed by atoms with E-state index in [2.05, 4.69) is 27.5 Å². The Morgan fingerprint density at radius 3 is 2.63 bits per heavy atom. The average molecular weight is 356 g/mol. The maximum Gasteiger partial charge on any atom is 0.225 e. The maximum atomic E-state index is 12.3. The molecule has 2 heterocycles. The Morgan fingerprint density at radius 1 is 1.00 bits per heavy atom. The van der Waals surface area contributed by atoms with E-state index in [0.29, 0.717) is 18.7 Å². The van der Waals surface area contributed by atoms with E-state index >= 15 is 0 Å². The number of hydrogen-bond acceptors (Lipinski definition) is 3. The number of nitrogens with one attached hydrogen (secondary N) is 1. The molecule has 0 spiro atoms. The van der Waals surface area contributed by atoms with Crippen LogP contribution in [0.1, 0.15) is 12.0 Å². The van der Waals surface area contributed by atoms with Gasteiger partial charge in [-0.15, -0.1) is 0 Å². The molecule has 5 heteroatoms. The average Bonchev–Trinajstić information content (AvgIpc) is 3.13. The van der Waals surface area contributed by atoms with Crippen LogP contribution in [0.3, 0.4) is 0 Å². The number of nitrogens with zero attached hydrogens (tertiary/aromatic N) is 3. The molecule has 0 radical (unpaired) electrons. The number of carbonyl (C=O) groups excluding carboxylic acids is 1. The summed E-state index contributed by atoms with van der Waals surface area (Å²) < 4.78 is 1.78. The molecule has 0 saturated heterocycles. The molecule has 0 bridgehead atoms. The Morgan fingerprint density at radius 2 is 1.85 bits per heavy atom. The van der Waals surface area contributed by atoms with Crippen LogP contribution in [0.5, 0.6) is 0 Å². The summed E-state index contributed by atoms with van der Waals surface area (Å²) in [6, 6.07) is 18.1. The summed E-state index contributed by atoms with van der Waals surface area (Å²) in [6.45, 7) is 0. The van der Waals surface area contributed by atoms with E-state index in [1.54, 1.807) is 10.9 Å². The summed E-state index contributed by atoms with van der Waals surface area (Å²) in [4.78, 5) is 16.6. The third-order valence-corrected chi connectivity index (χ3v) is 4.51. The van der Waals surface area contributed by atoms with E-state index in [9.17, 15) is 4.79 Å². The molecule has 0 atom stereocenters. The van der Waals surface area contributed by atoms with Gasteiger partial charge in [0.25, 0.3) is 0 Å². The molecule has 0 unspecified atom stereocenters. The van der Waals surface area contributed by atoms with Crippen molar-refractivity contribution in [2.45, 2.75) is 12.8 Å². The number of pyridine rings is 1. The summed E-state index contributed by atoms with van der Waals surface area (Å²) in [6.07, 6.45) is 6.75. The zero-order valence-corrected chi connectivity index (χ0v) is 15.1. The fourth-order valence-electron chi connectivity index (χ4n) is 3.07. The molecular formula is C22H20N4O. The molecule has 5 nitrogen and oxygen atoms in total. The quantitative estimate of drug-likeness (QED) is 0.583. The minimum absolute atomic E-state index is 0.0332. The molecule has 0 aliphatic rings. The van der Waals surface area contributed by atoms with Crippen LogP contribution in [-0.2, 0) is 18.3 Å². The second-order valence-corrected chi connectivity index (χ2v) is 6.57. The van der Waals surface area contributed by atoms with Gasteiger partial charge in [-0.1, -0.05) is 42.5 Å². The number of carbonyl (C=O) groups is 1. The van der Waals surface area contributed by atoms with Crippen molar-refractivity contribution in [1.82, 2.24) is 14.8 Å². The van der Waals surface area contributed by atoms with Crippen LogP contribution in [0.25, 0.3) is 21.9 Å². The second kappa shape index (κ2) is 7.41. The molecule has 0 saturated carbocycles. The highest BCUT2D eigenvalue weighted by atomic mass is 16.1. The molecule has 0 aliphatic heterocycles. The number of aromatic nitrogens is 3. The van der Waals surface area contributed by atoms with Crippen LogP contribution in [0, 0.1) is 0 Å². The van der Waals surface area contributed by atoms with Crippen molar-refractivity contribution in [3.05, 3.63) is 78.8 Å². The van der Waals surface area contributed by atoms with Crippen LogP contribution in [0.15, 0.2) is 73.2 Å². The molecule has 4 rings (SSSR count). The van der Waals surface area contributed by atoms with Crippen molar-refractivity contribution >= 4 is 22.5 Å². The van der Waals surface area contributed by atoms with Gasteiger partial charge in [0.1, 0.15) is 5.82 Å². The molecule has 2 aromatic heterocycles. The van der Waals surface area contributed by atoms with Gasteiger partial charge in [0, 0.05) is 36.8 Å². The van der Waals surface area contributed by atoms with E-state index in [1.807, 2.05) is 61.9 Å². The predicted octanol–water partition coefficient (Wildman–Crippen LogP) is 4.21. The minimum atomic E-state index is -0.0332. The van der Waals surface area contributed by atoms with Gasteiger partial charge in [0.05, 0.1) is 6.20 Å². The van der Waals surface area contributed by atoms with Crippen molar-refractivity contribution < 1.29 is 4.79 Å². The number of anilines is 1. The number of rotatable bonds is 5. The van der Waals surface area contributed by atoms with Crippen molar-refractivity contribution in [2.75, 3.05) is 5.32 Å². The standard InChI is InChI=1S/C22H20N4O/c1-26-15-20(14-24-26)17-8-9-18-13-23-21(12-19(18)11-17)25-22(27)10-7-16-5-3-2-4-6-16/h2-6,8-9,11-15H,7,10H2,1H3,(H,23,25,27). The number of amides is 1. The van der Waals surface area contributed by atoms with Crippen molar-refractivity contribution in [3.8, 4) is 11.1 Å². The molecule has 27 heavy (non-hydrogen) atoms. The molecule has 2 aromatic carbocycles. The molecule has 4 aromatic rings. The largest absolute Gasteiger partial charge is 0.311 e. The first-order valence-corrected chi connectivity index (χ1v) is 8.90. The van der Waals surface area contributed by atoms with E-state index in [1.165, 1.54) is 0 Å². The highest BCUT2D eigenvalue weighted by Crippen LogP contribution is 2.25. The van der Waals surface area contributed by atoms with Crippen LogP contribution in [0.2, 0.25) is 0 Å². The topological polar surface area (TPSA) is 59.8 Å². The fourth-order valence-corrected chi connectivity index (χ4v) is 3.07. The number of fused-ring (bicyclic) bond motifs is 1. The third kappa shape index (κ3) is 4.03. The molecule has 1 N–H and O–H groups in total. The van der Waals surface area contributed by atoms with Gasteiger partial charge in [-0.2, -0.15) is 5.10 Å². The SMILES string of the molecule is Cn1cc(-c2ccc3cnc(NC(=O)CCc4ccccc4)cc3c2)cn1. The highest BCUT2D eigenvalue weighted by molar-refractivity contribution is 5.94. The number of aryl methyl sites for hydroxylation is 2. The monoisotopic (exact) mass is 356 g/mol. The van der Waals surface area contributed by atoms with E-state index < -0.39 is 0 Å². The van der Waals surface area contributed by atoms with Crippen molar-refractivity contribution in [1.29, 1.82) is 0 Å². The molecule has 0 fully saturated rings. The molecule has 0 aliphatic carbocycles. The lowest BCUT2D eigenvalue weighted by Gasteiger charge is -2.07. The lowest BCUT2D eigenvalue weighted by Crippen LogP contribution is -2.13. The van der Waals surface area contributed by atoms with Crippen LogP contribution >= 0.6 is 0 Å². The molecule has 1 amide bonds. The first kappa shape index (κ1) is 17.0. The van der Waals surface area contributed by atoms with Crippen molar-refractivity contribution in [3.63, 3.8) is 0 Å². The van der Waals surface area contributed by atoms with Crippen LogP contribution < -0.4 is 5.32 Å². The van der Waals surface area contributed by atoms with E-state index in [4.69, 9.17) is 0 Å². The lowest BCUT2D eigenvalue weighted by atomic mass is 10.1. The molecule has 134 valence electrons. The summed E-state index contributed by atoms with van der Waals surface area (Å²) in [5, 5.41) is 9.19. The first-order valence-electron chi connectivity index (χ1n) is 8.90. The lowest BCUT2D eigenvalue weighted by molar-refractivity contribution is -0.116. The van der Waals surface area contributed by atoms with Crippen LogP contribution in [0.4, 0.5) is 5.82 Å². The highest BCUT2D eigenvalue weighted by Gasteiger charge is 2.07. The first-order chi connectivity index (χ1) is 13.2. The van der Waals surface area contributed by atoms with Gasteiger partial charge >= 0.3 is 0 Å². The zero-order chi connectivity index (χ0) is 18.6. The Balaban J connectivity index is 1.49. The summed E-state index contributed by atoms with van der Waals surface area (Å²) in [5.74, 6) is 0.540. The van der Waals surface area contributed by atoms with Gasteiger partial charge in [0.15, 0.2) is 0 Å². The van der Waals surface area contributed by atoms with Crippen LogP contribution in [-0.4, -0.2) is 20.7 Å². The number of hydrogen-bond donors (Lipinski definition) is 1. The summed E-state index contributed by atoms with van der Waals surface area (Å²) in [7, 11) is 1.90. The van der Waals surface area contributed by atoms with E-state index in [0.717, 1.165) is 27.5 Å². The van der Waals surface area contributed by atoms with E-state index in [-0.39, 0.29) is 5.91 Å². The second-order valence-electron chi connectivity index (χ2n) is 6.57. The normalized spacial score (nSPS) is 10.9.